The minimum atomic E-state index is 0.792. The lowest BCUT2D eigenvalue weighted by Crippen LogP contribution is -1.99. The van der Waals surface area contributed by atoms with Gasteiger partial charge in [-0.1, -0.05) is 133 Å². The summed E-state index contributed by atoms with van der Waals surface area (Å²) >= 11 is 0. The molecule has 5 aromatic heterocycles. The number of hydrogen-bond donors (Lipinski definition) is 0. The molecule has 0 fully saturated rings. The van der Waals surface area contributed by atoms with Gasteiger partial charge < -0.3 is 4.57 Å². The monoisotopic (exact) mass is 727 g/mol. The molecule has 0 unspecified atom stereocenters. The molecule has 0 spiro atoms. The van der Waals surface area contributed by atoms with Crippen molar-refractivity contribution in [1.29, 1.82) is 0 Å². The number of para-hydroxylation sites is 2. The molecule has 0 aliphatic carbocycles. The van der Waals surface area contributed by atoms with Crippen LogP contribution in [0.15, 0.2) is 200 Å². The molecule has 0 bridgehead atoms. The molecule has 11 rings (SSSR count). The number of fused-ring (bicyclic) bond motifs is 6. The number of pyridine rings is 4. The van der Waals surface area contributed by atoms with Crippen molar-refractivity contribution in [3.8, 4) is 62.0 Å². The zero-order valence-electron chi connectivity index (χ0n) is 30.8. The van der Waals surface area contributed by atoms with Crippen LogP contribution in [-0.2, 0) is 0 Å². The Balaban J connectivity index is 1.16. The SMILES string of the molecule is c1ccc(-c2ccc(-c3cc(-n4c5ccccc5c5cc6c(cc54)c(-c4ccccc4)nc4ccccc46)cc(-c4ccc(-c5ccccn5)cc4)n3)nc2)cc1. The molecule has 5 heterocycles. The van der Waals surface area contributed by atoms with Crippen molar-refractivity contribution in [3.63, 3.8) is 0 Å². The van der Waals surface area contributed by atoms with Gasteiger partial charge in [0, 0.05) is 56.2 Å². The highest BCUT2D eigenvalue weighted by atomic mass is 15.0. The molecule has 11 aromatic rings. The molecule has 6 aromatic carbocycles. The lowest BCUT2D eigenvalue weighted by Gasteiger charge is -2.15. The fourth-order valence-electron chi connectivity index (χ4n) is 8.12. The van der Waals surface area contributed by atoms with Gasteiger partial charge in [0.15, 0.2) is 0 Å². The number of nitrogens with zero attached hydrogens (tertiary/aromatic N) is 5. The van der Waals surface area contributed by atoms with Gasteiger partial charge in [0.25, 0.3) is 0 Å². The third kappa shape index (κ3) is 5.72. The van der Waals surface area contributed by atoms with Crippen molar-refractivity contribution < 1.29 is 0 Å². The summed E-state index contributed by atoms with van der Waals surface area (Å²) in [6.45, 7) is 0. The summed E-state index contributed by atoms with van der Waals surface area (Å²) in [6, 6.07) is 65.7. The Labute approximate surface area is 329 Å². The van der Waals surface area contributed by atoms with Crippen molar-refractivity contribution in [1.82, 2.24) is 24.5 Å². The smallest absolute Gasteiger partial charge is 0.0914 e. The Hall–Kier alpha value is -7.76. The zero-order chi connectivity index (χ0) is 37.7. The third-order valence-electron chi connectivity index (χ3n) is 10.9. The van der Waals surface area contributed by atoms with Crippen LogP contribution in [0.3, 0.4) is 0 Å². The van der Waals surface area contributed by atoms with E-state index in [9.17, 15) is 0 Å². The molecule has 0 saturated carbocycles. The first-order chi connectivity index (χ1) is 28.2. The highest BCUT2D eigenvalue weighted by molar-refractivity contribution is 6.20. The van der Waals surface area contributed by atoms with Gasteiger partial charge in [0.05, 0.1) is 50.7 Å². The molecule has 5 nitrogen and oxygen atoms in total. The molecule has 0 aliphatic rings. The van der Waals surface area contributed by atoms with E-state index in [0.717, 1.165) is 89.3 Å². The first kappa shape index (κ1) is 32.7. The molecule has 57 heavy (non-hydrogen) atoms. The molecule has 0 atom stereocenters. The Morgan fingerprint density at radius 1 is 0.333 bits per heavy atom. The van der Waals surface area contributed by atoms with Gasteiger partial charge in [-0.25, -0.2) is 9.97 Å². The minimum absolute atomic E-state index is 0.792. The van der Waals surface area contributed by atoms with E-state index in [1.807, 2.05) is 36.7 Å². The maximum Gasteiger partial charge on any atom is 0.0914 e. The predicted molar refractivity (Wildman–Crippen MR) is 234 cm³/mol. The number of rotatable bonds is 6. The van der Waals surface area contributed by atoms with E-state index >= 15 is 0 Å². The first-order valence-corrected chi connectivity index (χ1v) is 19.1. The van der Waals surface area contributed by atoms with Crippen molar-refractivity contribution in [2.45, 2.75) is 0 Å². The summed E-state index contributed by atoms with van der Waals surface area (Å²) in [4.78, 5) is 20.1. The van der Waals surface area contributed by atoms with E-state index in [4.69, 9.17) is 15.0 Å². The topological polar surface area (TPSA) is 56.5 Å². The summed E-state index contributed by atoms with van der Waals surface area (Å²) < 4.78 is 2.38. The van der Waals surface area contributed by atoms with Crippen LogP contribution >= 0.6 is 0 Å². The molecule has 5 heteroatoms. The third-order valence-corrected chi connectivity index (χ3v) is 10.9. The largest absolute Gasteiger partial charge is 0.309 e. The van der Waals surface area contributed by atoms with E-state index in [-0.39, 0.29) is 0 Å². The van der Waals surface area contributed by atoms with Crippen LogP contribution in [0.5, 0.6) is 0 Å². The van der Waals surface area contributed by atoms with E-state index in [1.54, 1.807) is 0 Å². The lowest BCUT2D eigenvalue weighted by atomic mass is 9.98. The number of aromatic nitrogens is 5. The van der Waals surface area contributed by atoms with Crippen molar-refractivity contribution in [2.75, 3.05) is 0 Å². The average molecular weight is 728 g/mol. The Kier molecular flexibility index (Phi) is 7.74. The molecule has 0 amide bonds. The number of benzene rings is 6. The number of hydrogen-bond acceptors (Lipinski definition) is 4. The predicted octanol–water partition coefficient (Wildman–Crippen LogP) is 13.0. The van der Waals surface area contributed by atoms with E-state index in [2.05, 4.69) is 173 Å². The van der Waals surface area contributed by atoms with Gasteiger partial charge in [-0.05, 0) is 65.5 Å². The molecule has 0 saturated heterocycles. The van der Waals surface area contributed by atoms with Crippen molar-refractivity contribution in [2.24, 2.45) is 0 Å². The standard InChI is InChI=1S/C52H33N5/c1-3-13-34(14-4-1)38-26-27-47(54-33-38)49-30-39(29-48(55-49)36-24-22-35(23-25-36)45-19-11-12-28-53-45)57-50-21-10-8-18-41(50)43-31-42-40-17-7-9-20-46(40)56-52(44(42)32-51(43)57)37-15-5-2-6-16-37/h1-33H. The maximum atomic E-state index is 5.29. The van der Waals surface area contributed by atoms with Gasteiger partial charge in [-0.2, -0.15) is 0 Å². The Bertz CT molecular complexity index is 3150. The summed E-state index contributed by atoms with van der Waals surface area (Å²) in [5.74, 6) is 0. The molecule has 0 radical (unpaired) electrons. The summed E-state index contributed by atoms with van der Waals surface area (Å²) in [7, 11) is 0. The van der Waals surface area contributed by atoms with E-state index in [0.29, 0.717) is 0 Å². The quantitative estimate of drug-likeness (QED) is 0.160. The average Bonchev–Trinajstić information content (AvgIpc) is 3.62. The van der Waals surface area contributed by atoms with Crippen LogP contribution in [0, 0.1) is 0 Å². The first-order valence-electron chi connectivity index (χ1n) is 19.1. The fourth-order valence-corrected chi connectivity index (χ4v) is 8.12. The summed E-state index contributed by atoms with van der Waals surface area (Å²) in [5.41, 5.74) is 13.9. The summed E-state index contributed by atoms with van der Waals surface area (Å²) in [6.07, 6.45) is 3.77. The maximum absolute atomic E-state index is 5.29. The zero-order valence-corrected chi connectivity index (χ0v) is 30.8. The second-order valence-electron chi connectivity index (χ2n) is 14.3. The molecule has 0 N–H and O–H groups in total. The van der Waals surface area contributed by atoms with Crippen molar-refractivity contribution >= 4 is 43.5 Å². The van der Waals surface area contributed by atoms with Gasteiger partial charge >= 0.3 is 0 Å². The molecular formula is C52H33N5. The van der Waals surface area contributed by atoms with Crippen LogP contribution in [0.25, 0.3) is 105 Å². The van der Waals surface area contributed by atoms with Crippen LogP contribution < -0.4 is 0 Å². The van der Waals surface area contributed by atoms with Crippen LogP contribution in [-0.4, -0.2) is 24.5 Å². The molecule has 0 aliphatic heterocycles. The van der Waals surface area contributed by atoms with Gasteiger partial charge in [0.2, 0.25) is 0 Å². The highest BCUT2D eigenvalue weighted by Gasteiger charge is 2.19. The van der Waals surface area contributed by atoms with E-state index in [1.165, 1.54) is 16.2 Å². The second kappa shape index (κ2) is 13.5. The lowest BCUT2D eigenvalue weighted by molar-refractivity contribution is 1.15. The van der Waals surface area contributed by atoms with Crippen LogP contribution in [0.4, 0.5) is 0 Å². The van der Waals surface area contributed by atoms with Gasteiger partial charge in [-0.3, -0.25) is 9.97 Å². The molecular weight excluding hydrogens is 695 g/mol. The normalized spacial score (nSPS) is 11.5. The minimum Gasteiger partial charge on any atom is -0.309 e. The molecule has 266 valence electrons. The summed E-state index contributed by atoms with van der Waals surface area (Å²) in [5, 5.41) is 5.79. The highest BCUT2D eigenvalue weighted by Crippen LogP contribution is 2.41. The second-order valence-corrected chi connectivity index (χ2v) is 14.3. The fraction of sp³-hybridized carbons (Fsp3) is 0. The van der Waals surface area contributed by atoms with Crippen LogP contribution in [0.2, 0.25) is 0 Å². The van der Waals surface area contributed by atoms with Crippen molar-refractivity contribution in [3.05, 3.63) is 200 Å². The Morgan fingerprint density at radius 3 is 1.75 bits per heavy atom. The van der Waals surface area contributed by atoms with E-state index < -0.39 is 0 Å². The van der Waals surface area contributed by atoms with Crippen LogP contribution in [0.1, 0.15) is 0 Å². The Morgan fingerprint density at radius 2 is 1.00 bits per heavy atom. The van der Waals surface area contributed by atoms with Gasteiger partial charge in [0.1, 0.15) is 0 Å². The van der Waals surface area contributed by atoms with Gasteiger partial charge in [-0.15, -0.1) is 0 Å².